The van der Waals surface area contributed by atoms with Gasteiger partial charge in [-0.15, -0.1) is 0 Å². The molecule has 0 saturated carbocycles. The average molecular weight is 416 g/mol. The number of carbonyl (C=O) groups excluding carboxylic acids is 1. The van der Waals surface area contributed by atoms with E-state index in [1.54, 1.807) is 29.7 Å². The number of rotatable bonds is 9. The molecule has 3 aromatic rings. The number of nitrogens with one attached hydrogen (secondary N) is 1. The largest absolute Gasteiger partial charge is 0.485 e. The number of amides is 1. The van der Waals surface area contributed by atoms with Crippen molar-refractivity contribution >= 4 is 11.6 Å². The Labute approximate surface area is 174 Å². The van der Waals surface area contributed by atoms with Crippen molar-refractivity contribution in [2.45, 2.75) is 45.8 Å². The molecule has 8 heteroatoms. The zero-order chi connectivity index (χ0) is 21.7. The lowest BCUT2D eigenvalue weighted by Crippen LogP contribution is -2.40. The second-order valence-corrected chi connectivity index (χ2v) is 7.15. The van der Waals surface area contributed by atoms with Crippen molar-refractivity contribution < 1.29 is 18.3 Å². The minimum atomic E-state index is -0.679. The van der Waals surface area contributed by atoms with Crippen molar-refractivity contribution in [3.63, 3.8) is 0 Å². The van der Waals surface area contributed by atoms with E-state index in [1.165, 1.54) is 18.2 Å². The van der Waals surface area contributed by atoms with Crippen LogP contribution in [-0.4, -0.2) is 27.9 Å². The molecule has 160 valence electrons. The third-order valence-corrected chi connectivity index (χ3v) is 4.96. The second-order valence-electron chi connectivity index (χ2n) is 7.15. The Morgan fingerprint density at radius 2 is 2.00 bits per heavy atom. The highest BCUT2D eigenvalue weighted by molar-refractivity contribution is 5.95. The number of hydrogen-bond donors (Lipinski definition) is 2. The second kappa shape index (κ2) is 9.67. The van der Waals surface area contributed by atoms with Crippen molar-refractivity contribution in [3.05, 3.63) is 65.1 Å². The summed E-state index contributed by atoms with van der Waals surface area (Å²) < 4.78 is 35.0. The summed E-state index contributed by atoms with van der Waals surface area (Å²) in [6.07, 6.45) is 4.49. The van der Waals surface area contributed by atoms with Crippen LogP contribution in [0.1, 0.15) is 47.9 Å². The molecule has 1 unspecified atom stereocenters. The van der Waals surface area contributed by atoms with Gasteiger partial charge in [-0.25, -0.2) is 13.8 Å². The summed E-state index contributed by atoms with van der Waals surface area (Å²) in [7, 11) is 0. The van der Waals surface area contributed by atoms with Gasteiger partial charge in [0.05, 0.1) is 11.3 Å². The van der Waals surface area contributed by atoms with Crippen molar-refractivity contribution in [2.75, 3.05) is 6.54 Å². The van der Waals surface area contributed by atoms with Gasteiger partial charge in [0.25, 0.3) is 5.91 Å². The molecule has 2 heterocycles. The predicted molar refractivity (Wildman–Crippen MR) is 110 cm³/mol. The first-order chi connectivity index (χ1) is 14.5. The highest BCUT2D eigenvalue weighted by atomic mass is 19.1. The fourth-order valence-electron chi connectivity index (χ4n) is 3.32. The number of nitrogens with two attached hydrogens (primary N) is 1. The molecule has 0 saturated heterocycles. The van der Waals surface area contributed by atoms with Crippen LogP contribution >= 0.6 is 0 Å². The van der Waals surface area contributed by atoms with Gasteiger partial charge >= 0.3 is 0 Å². The van der Waals surface area contributed by atoms with E-state index in [0.29, 0.717) is 29.3 Å². The van der Waals surface area contributed by atoms with Gasteiger partial charge in [0, 0.05) is 18.8 Å². The zero-order valence-electron chi connectivity index (χ0n) is 17.1. The minimum absolute atomic E-state index is 0.120. The first-order valence-electron chi connectivity index (χ1n) is 10.0. The van der Waals surface area contributed by atoms with Crippen LogP contribution in [0.15, 0.2) is 36.5 Å². The highest BCUT2D eigenvalue weighted by Crippen LogP contribution is 2.24. The van der Waals surface area contributed by atoms with Gasteiger partial charge in [0.2, 0.25) is 0 Å². The highest BCUT2D eigenvalue weighted by Gasteiger charge is 2.21. The van der Waals surface area contributed by atoms with Gasteiger partial charge in [-0.3, -0.25) is 9.20 Å². The molecule has 1 atom stereocenters. The molecular weight excluding hydrogens is 390 g/mol. The Morgan fingerprint density at radius 3 is 2.67 bits per heavy atom. The normalized spacial score (nSPS) is 12.2. The van der Waals surface area contributed by atoms with E-state index in [2.05, 4.69) is 17.2 Å². The topological polar surface area (TPSA) is 81.6 Å². The van der Waals surface area contributed by atoms with Crippen LogP contribution in [0.5, 0.6) is 5.75 Å². The minimum Gasteiger partial charge on any atom is -0.485 e. The lowest BCUT2D eigenvalue weighted by atomic mass is 10.1. The van der Waals surface area contributed by atoms with E-state index in [0.717, 1.165) is 19.3 Å². The van der Waals surface area contributed by atoms with Crippen LogP contribution in [0.2, 0.25) is 0 Å². The van der Waals surface area contributed by atoms with E-state index < -0.39 is 11.6 Å². The summed E-state index contributed by atoms with van der Waals surface area (Å²) in [6, 6.07) is 6.87. The van der Waals surface area contributed by atoms with E-state index >= 15 is 0 Å². The molecule has 0 fully saturated rings. The number of halogens is 2. The van der Waals surface area contributed by atoms with E-state index in [-0.39, 0.29) is 24.1 Å². The van der Waals surface area contributed by atoms with Crippen LogP contribution in [0.3, 0.4) is 0 Å². The first-order valence-corrected chi connectivity index (χ1v) is 10.0. The Kier molecular flexibility index (Phi) is 6.99. The first kappa shape index (κ1) is 21.7. The monoisotopic (exact) mass is 416 g/mol. The summed E-state index contributed by atoms with van der Waals surface area (Å²) >= 11 is 0. The third-order valence-electron chi connectivity index (χ3n) is 4.96. The number of aryl methyl sites for hydroxylation is 1. The number of nitrogens with zero attached hydrogens (tertiary/aromatic N) is 2. The fraction of sp³-hybridized carbons (Fsp3) is 0.364. The summed E-state index contributed by atoms with van der Waals surface area (Å²) in [4.78, 5) is 17.3. The van der Waals surface area contributed by atoms with E-state index in [4.69, 9.17) is 10.5 Å². The van der Waals surface area contributed by atoms with Gasteiger partial charge in [0.1, 0.15) is 23.9 Å². The van der Waals surface area contributed by atoms with Crippen LogP contribution in [0.4, 0.5) is 8.78 Å². The number of benzene rings is 1. The molecule has 0 bridgehead atoms. The molecule has 3 N–H and O–H groups in total. The van der Waals surface area contributed by atoms with Gasteiger partial charge in [-0.05, 0) is 37.6 Å². The quantitative estimate of drug-likeness (QED) is 0.557. The molecule has 2 aromatic heterocycles. The number of unbranched alkanes of at least 4 members (excludes halogenated alkanes) is 1. The van der Waals surface area contributed by atoms with Crippen molar-refractivity contribution in [2.24, 2.45) is 5.73 Å². The van der Waals surface area contributed by atoms with Crippen molar-refractivity contribution in [1.82, 2.24) is 14.7 Å². The number of imidazole rings is 1. The molecule has 0 spiro atoms. The van der Waals surface area contributed by atoms with Gasteiger partial charge in [-0.1, -0.05) is 25.8 Å². The summed E-state index contributed by atoms with van der Waals surface area (Å²) in [5.74, 6) is -1.31. The molecule has 6 nitrogen and oxygen atoms in total. The Hall–Kier alpha value is -3.00. The van der Waals surface area contributed by atoms with Crippen LogP contribution in [0, 0.1) is 18.6 Å². The molecule has 30 heavy (non-hydrogen) atoms. The molecule has 0 aliphatic carbocycles. The maximum absolute atomic E-state index is 13.9. The van der Waals surface area contributed by atoms with Gasteiger partial charge in [-0.2, -0.15) is 0 Å². The molecule has 0 aliphatic heterocycles. The average Bonchev–Trinajstić information content (AvgIpc) is 3.07. The molecule has 1 amide bonds. The van der Waals surface area contributed by atoms with E-state index in [1.807, 2.05) is 0 Å². The molecular formula is C22H26F2N4O2. The standard InChI is InChI=1S/C22H26F2N4O2/c1-3-4-7-15(12-25)27-22(29)20-14(2)26-21-19(10-6-11-28(20)21)30-13-16-17(23)8-5-9-18(16)24/h5-6,8-11,15H,3-4,7,12-13,25H2,1-2H3,(H,27,29). The van der Waals surface area contributed by atoms with E-state index in [9.17, 15) is 13.6 Å². The number of fused-ring (bicyclic) bond motifs is 1. The van der Waals surface area contributed by atoms with Crippen LogP contribution in [-0.2, 0) is 6.61 Å². The number of aromatic nitrogens is 2. The smallest absolute Gasteiger partial charge is 0.270 e. The van der Waals surface area contributed by atoms with Crippen molar-refractivity contribution in [1.29, 1.82) is 0 Å². The number of carbonyl (C=O) groups is 1. The predicted octanol–water partition coefficient (Wildman–Crippen LogP) is 3.75. The summed E-state index contributed by atoms with van der Waals surface area (Å²) in [5, 5.41) is 2.96. The fourth-order valence-corrected chi connectivity index (χ4v) is 3.32. The summed E-state index contributed by atoms with van der Waals surface area (Å²) in [5.41, 5.74) is 6.92. The Balaban J connectivity index is 1.85. The zero-order valence-corrected chi connectivity index (χ0v) is 17.1. The maximum Gasteiger partial charge on any atom is 0.270 e. The SMILES string of the molecule is CCCCC(CN)NC(=O)c1c(C)nc2c(OCc3c(F)cccc3F)cccn12. The Bertz CT molecular complexity index is 1020. The lowest BCUT2D eigenvalue weighted by molar-refractivity contribution is 0.0929. The maximum atomic E-state index is 13.9. The number of hydrogen-bond acceptors (Lipinski definition) is 4. The lowest BCUT2D eigenvalue weighted by Gasteiger charge is -2.16. The summed E-state index contributed by atoms with van der Waals surface area (Å²) in [6.45, 7) is 3.87. The Morgan fingerprint density at radius 1 is 1.27 bits per heavy atom. The number of pyridine rings is 1. The molecule has 3 rings (SSSR count). The molecule has 1 aromatic carbocycles. The molecule has 0 radical (unpaired) electrons. The van der Waals surface area contributed by atoms with Crippen molar-refractivity contribution in [3.8, 4) is 5.75 Å². The van der Waals surface area contributed by atoms with Crippen LogP contribution < -0.4 is 15.8 Å². The van der Waals surface area contributed by atoms with Gasteiger partial charge in [0.15, 0.2) is 11.4 Å². The third kappa shape index (κ3) is 4.59. The molecule has 0 aliphatic rings. The number of ether oxygens (including phenoxy) is 1. The van der Waals surface area contributed by atoms with Gasteiger partial charge < -0.3 is 15.8 Å². The van der Waals surface area contributed by atoms with Crippen LogP contribution in [0.25, 0.3) is 5.65 Å².